The number of amides is 1. The van der Waals surface area contributed by atoms with Crippen LogP contribution in [0.25, 0.3) is 17.3 Å². The number of thiazole rings is 1. The molecule has 6 nitrogen and oxygen atoms in total. The number of methoxy groups -OCH3 is 2. The van der Waals surface area contributed by atoms with Gasteiger partial charge in [-0.25, -0.2) is 4.98 Å². The SMILES string of the molecule is COc1ccc(OC)c(-c2csc(NC(=O)/C=C/c3ccc4c(c3)CCO4)n2)c1. The minimum Gasteiger partial charge on any atom is -0.497 e. The highest BCUT2D eigenvalue weighted by Gasteiger charge is 2.13. The maximum atomic E-state index is 12.3. The molecule has 2 aromatic carbocycles. The molecular weight excluding hydrogens is 388 g/mol. The summed E-state index contributed by atoms with van der Waals surface area (Å²) in [5.74, 6) is 2.09. The molecule has 1 aromatic heterocycles. The maximum Gasteiger partial charge on any atom is 0.250 e. The van der Waals surface area contributed by atoms with Crippen LogP contribution in [0.5, 0.6) is 17.2 Å². The minimum atomic E-state index is -0.236. The molecule has 7 heteroatoms. The lowest BCUT2D eigenvalue weighted by molar-refractivity contribution is -0.111. The summed E-state index contributed by atoms with van der Waals surface area (Å²) < 4.78 is 16.2. The predicted molar refractivity (Wildman–Crippen MR) is 114 cm³/mol. The molecule has 1 aliphatic heterocycles. The number of ether oxygens (including phenoxy) is 3. The van der Waals surface area contributed by atoms with Gasteiger partial charge in [0.05, 0.1) is 26.5 Å². The number of carbonyl (C=O) groups excluding carboxylic acids is 1. The highest BCUT2D eigenvalue weighted by Crippen LogP contribution is 2.35. The molecular formula is C22H20N2O4S. The van der Waals surface area contributed by atoms with Crippen molar-refractivity contribution in [1.82, 2.24) is 4.98 Å². The van der Waals surface area contributed by atoms with Gasteiger partial charge in [0, 0.05) is 23.4 Å². The first-order valence-corrected chi connectivity index (χ1v) is 9.97. The van der Waals surface area contributed by atoms with Gasteiger partial charge in [-0.1, -0.05) is 6.07 Å². The molecule has 1 aliphatic rings. The Bertz CT molecular complexity index is 1070. The number of rotatable bonds is 6. The van der Waals surface area contributed by atoms with Crippen LogP contribution in [0.3, 0.4) is 0 Å². The third-order valence-corrected chi connectivity index (χ3v) is 5.32. The largest absolute Gasteiger partial charge is 0.497 e. The monoisotopic (exact) mass is 408 g/mol. The third kappa shape index (κ3) is 4.25. The summed E-state index contributed by atoms with van der Waals surface area (Å²) in [6.45, 7) is 0.716. The van der Waals surface area contributed by atoms with Gasteiger partial charge in [-0.05, 0) is 47.5 Å². The second kappa shape index (κ2) is 8.36. The summed E-state index contributed by atoms with van der Waals surface area (Å²) in [7, 11) is 3.22. The van der Waals surface area contributed by atoms with E-state index in [0.717, 1.165) is 23.3 Å². The summed E-state index contributed by atoms with van der Waals surface area (Å²) >= 11 is 1.35. The molecule has 0 aliphatic carbocycles. The van der Waals surface area contributed by atoms with Crippen molar-refractivity contribution < 1.29 is 19.0 Å². The zero-order valence-electron chi connectivity index (χ0n) is 16.1. The molecule has 3 aromatic rings. The molecule has 2 heterocycles. The Morgan fingerprint density at radius 2 is 2.10 bits per heavy atom. The van der Waals surface area contributed by atoms with Gasteiger partial charge in [-0.3, -0.25) is 10.1 Å². The van der Waals surface area contributed by atoms with Crippen molar-refractivity contribution in [2.75, 3.05) is 26.1 Å². The van der Waals surface area contributed by atoms with E-state index in [0.29, 0.717) is 28.9 Å². The molecule has 4 rings (SSSR count). The minimum absolute atomic E-state index is 0.236. The normalized spacial score (nSPS) is 12.5. The predicted octanol–water partition coefficient (Wildman–Crippen LogP) is 4.41. The second-order valence-electron chi connectivity index (χ2n) is 6.39. The topological polar surface area (TPSA) is 69.7 Å². The van der Waals surface area contributed by atoms with Crippen molar-refractivity contribution in [3.63, 3.8) is 0 Å². The summed E-state index contributed by atoms with van der Waals surface area (Å²) in [5, 5.41) is 5.19. The van der Waals surface area contributed by atoms with Gasteiger partial charge in [0.25, 0.3) is 0 Å². The Labute approximate surface area is 172 Å². The Balaban J connectivity index is 1.46. The number of nitrogens with zero attached hydrogens (tertiary/aromatic N) is 1. The lowest BCUT2D eigenvalue weighted by atomic mass is 10.1. The highest BCUT2D eigenvalue weighted by molar-refractivity contribution is 7.14. The molecule has 0 bridgehead atoms. The van der Waals surface area contributed by atoms with Gasteiger partial charge >= 0.3 is 0 Å². The standard InChI is InChI=1S/C22H20N2O4S/c1-26-16-5-7-20(27-2)17(12-16)18-13-29-22(23-18)24-21(25)8-4-14-3-6-19-15(11-14)9-10-28-19/h3-8,11-13H,9-10H2,1-2H3,(H,23,24,25)/b8-4+. The summed E-state index contributed by atoms with van der Waals surface area (Å²) in [4.78, 5) is 16.8. The third-order valence-electron chi connectivity index (χ3n) is 4.56. The average Bonchev–Trinajstić information content (AvgIpc) is 3.40. The smallest absolute Gasteiger partial charge is 0.250 e. The Morgan fingerprint density at radius 3 is 2.93 bits per heavy atom. The van der Waals surface area contributed by atoms with E-state index in [-0.39, 0.29) is 5.91 Å². The van der Waals surface area contributed by atoms with Crippen molar-refractivity contribution in [3.8, 4) is 28.5 Å². The van der Waals surface area contributed by atoms with Crippen LogP contribution in [0.2, 0.25) is 0 Å². The number of nitrogens with one attached hydrogen (secondary N) is 1. The maximum absolute atomic E-state index is 12.3. The fourth-order valence-electron chi connectivity index (χ4n) is 3.10. The molecule has 0 radical (unpaired) electrons. The van der Waals surface area contributed by atoms with Crippen LogP contribution >= 0.6 is 11.3 Å². The Hall–Kier alpha value is -3.32. The molecule has 0 fully saturated rings. The lowest BCUT2D eigenvalue weighted by Gasteiger charge is -2.08. The van der Waals surface area contributed by atoms with E-state index in [1.54, 1.807) is 20.3 Å². The number of aromatic nitrogens is 1. The zero-order valence-corrected chi connectivity index (χ0v) is 16.9. The first-order chi connectivity index (χ1) is 14.2. The molecule has 0 saturated heterocycles. The quantitative estimate of drug-likeness (QED) is 0.612. The number of benzene rings is 2. The number of fused-ring (bicyclic) bond motifs is 1. The highest BCUT2D eigenvalue weighted by atomic mass is 32.1. The summed E-state index contributed by atoms with van der Waals surface area (Å²) in [5.41, 5.74) is 3.65. The molecule has 0 spiro atoms. The van der Waals surface area contributed by atoms with Crippen molar-refractivity contribution in [2.24, 2.45) is 0 Å². The second-order valence-corrected chi connectivity index (χ2v) is 7.25. The molecule has 0 unspecified atom stereocenters. The zero-order chi connectivity index (χ0) is 20.2. The van der Waals surface area contributed by atoms with Gasteiger partial charge in [-0.2, -0.15) is 0 Å². The number of hydrogen-bond acceptors (Lipinski definition) is 6. The van der Waals surface area contributed by atoms with Gasteiger partial charge in [0.15, 0.2) is 5.13 Å². The van der Waals surface area contributed by atoms with Gasteiger partial charge in [0.1, 0.15) is 17.2 Å². The number of carbonyl (C=O) groups is 1. The van der Waals surface area contributed by atoms with Crippen molar-refractivity contribution in [3.05, 3.63) is 59.0 Å². The van der Waals surface area contributed by atoms with E-state index in [2.05, 4.69) is 10.3 Å². The molecule has 1 N–H and O–H groups in total. The van der Waals surface area contributed by atoms with Crippen molar-refractivity contribution >= 4 is 28.5 Å². The van der Waals surface area contributed by atoms with E-state index in [1.165, 1.54) is 23.0 Å². The van der Waals surface area contributed by atoms with Crippen LogP contribution in [-0.4, -0.2) is 31.7 Å². The van der Waals surface area contributed by atoms with Crippen LogP contribution in [0.15, 0.2) is 47.9 Å². The molecule has 0 saturated carbocycles. The van der Waals surface area contributed by atoms with Crippen LogP contribution in [0.1, 0.15) is 11.1 Å². The van der Waals surface area contributed by atoms with E-state index < -0.39 is 0 Å². The van der Waals surface area contributed by atoms with Gasteiger partial charge in [0.2, 0.25) is 5.91 Å². The fourth-order valence-corrected chi connectivity index (χ4v) is 3.81. The van der Waals surface area contributed by atoms with Crippen LogP contribution < -0.4 is 19.5 Å². The van der Waals surface area contributed by atoms with E-state index >= 15 is 0 Å². The van der Waals surface area contributed by atoms with E-state index in [9.17, 15) is 4.79 Å². The fraction of sp³-hybridized carbons (Fsp3) is 0.182. The molecule has 148 valence electrons. The first-order valence-electron chi connectivity index (χ1n) is 9.09. The van der Waals surface area contributed by atoms with E-state index in [1.807, 2.05) is 41.8 Å². The summed E-state index contributed by atoms with van der Waals surface area (Å²) in [6, 6.07) is 11.4. The number of anilines is 1. The van der Waals surface area contributed by atoms with Crippen molar-refractivity contribution in [1.29, 1.82) is 0 Å². The van der Waals surface area contributed by atoms with Gasteiger partial charge in [-0.15, -0.1) is 11.3 Å². The van der Waals surface area contributed by atoms with E-state index in [4.69, 9.17) is 14.2 Å². The average molecular weight is 408 g/mol. The number of hydrogen-bond donors (Lipinski definition) is 1. The lowest BCUT2D eigenvalue weighted by Crippen LogP contribution is -2.07. The van der Waals surface area contributed by atoms with Gasteiger partial charge < -0.3 is 14.2 Å². The molecule has 29 heavy (non-hydrogen) atoms. The van der Waals surface area contributed by atoms with Crippen LogP contribution in [-0.2, 0) is 11.2 Å². The van der Waals surface area contributed by atoms with Crippen LogP contribution in [0, 0.1) is 0 Å². The molecule has 1 amide bonds. The summed E-state index contributed by atoms with van der Waals surface area (Å²) in [6.07, 6.45) is 4.19. The van der Waals surface area contributed by atoms with Crippen LogP contribution in [0.4, 0.5) is 5.13 Å². The molecule has 0 atom stereocenters. The Morgan fingerprint density at radius 1 is 1.21 bits per heavy atom. The van der Waals surface area contributed by atoms with Crippen molar-refractivity contribution in [2.45, 2.75) is 6.42 Å². The Kier molecular flexibility index (Phi) is 5.48. The first kappa shape index (κ1) is 19.0.